The third-order valence-electron chi connectivity index (χ3n) is 5.77. The smallest absolute Gasteiger partial charge is 0.290 e. The molecule has 1 N–H and O–H groups in total. The fourth-order valence-electron chi connectivity index (χ4n) is 3.62. The average Bonchev–Trinajstić information content (AvgIpc) is 3.32. The van der Waals surface area contributed by atoms with Crippen molar-refractivity contribution < 1.29 is 33.7 Å². The average molecular weight is 616 g/mol. The van der Waals surface area contributed by atoms with Crippen LogP contribution in [0.1, 0.15) is 27.0 Å². The van der Waals surface area contributed by atoms with E-state index in [4.69, 9.17) is 9.47 Å². The number of aldehydes is 1. The van der Waals surface area contributed by atoms with Crippen molar-refractivity contribution >= 4 is 46.6 Å². The zero-order chi connectivity index (χ0) is 31.8. The van der Waals surface area contributed by atoms with Crippen LogP contribution in [-0.4, -0.2) is 37.2 Å². The molecule has 5 rings (SSSR count). The summed E-state index contributed by atoms with van der Waals surface area (Å²) in [7, 11) is 0. The second-order valence-electron chi connectivity index (χ2n) is 8.95. The second kappa shape index (κ2) is 13.8. The van der Waals surface area contributed by atoms with Gasteiger partial charge in [-0.25, -0.2) is 9.97 Å². The quantitative estimate of drug-likeness (QED) is 0.100. The Morgan fingerprint density at radius 2 is 1.27 bits per heavy atom. The number of carbonyl (C=O) groups excluding carboxylic acids is 3. The summed E-state index contributed by atoms with van der Waals surface area (Å²) in [6, 6.07) is 15.7. The van der Waals surface area contributed by atoms with Gasteiger partial charge in [-0.15, -0.1) is 0 Å². The number of pyridine rings is 2. The summed E-state index contributed by atoms with van der Waals surface area (Å²) >= 11 is 0.850. The highest BCUT2D eigenvalue weighted by Crippen LogP contribution is 2.29. The van der Waals surface area contributed by atoms with Crippen molar-refractivity contribution in [1.29, 1.82) is 0 Å². The Bertz CT molecular complexity index is 1790. The third-order valence-corrected chi connectivity index (χ3v) is 6.58. The standard InChI is InChI=1S/C16H11N3O5S.C13H10N2O4/c1-9-6-10(7-13-15(20)18-16(21)25-13)2-4-12(9)24-14-5-3-11(8-17-14)19(22)23;1-9-6-10(8-16)2-4-12(9)19-13-5-3-11(7-14-13)15(17)18/h2-8H,1H3,(H,18,20,21);2-8H,1H3. The van der Waals surface area contributed by atoms with E-state index in [1.54, 1.807) is 49.4 Å². The van der Waals surface area contributed by atoms with Crippen molar-refractivity contribution in [3.8, 4) is 23.3 Å². The molecule has 44 heavy (non-hydrogen) atoms. The summed E-state index contributed by atoms with van der Waals surface area (Å²) in [5.74, 6) is 1.15. The SMILES string of the molecule is Cc1cc(C=C2SC(=O)NC2=O)ccc1Oc1ccc([N+](=O)[O-])cn1.Cc1cc(C=O)ccc1Oc1ccc([N+](=O)[O-])cn1. The highest BCUT2D eigenvalue weighted by Gasteiger charge is 2.25. The van der Waals surface area contributed by atoms with Gasteiger partial charge in [0.15, 0.2) is 0 Å². The zero-order valence-corrected chi connectivity index (χ0v) is 23.8. The molecule has 0 bridgehead atoms. The van der Waals surface area contributed by atoms with Crippen molar-refractivity contribution in [2.24, 2.45) is 0 Å². The number of nitrogens with zero attached hydrogens (tertiary/aromatic N) is 4. The Morgan fingerprint density at radius 3 is 1.66 bits per heavy atom. The molecule has 2 aromatic heterocycles. The van der Waals surface area contributed by atoms with Crippen LogP contribution in [0.3, 0.4) is 0 Å². The number of nitrogens with one attached hydrogen (secondary N) is 1. The lowest BCUT2D eigenvalue weighted by molar-refractivity contribution is -0.385. The lowest BCUT2D eigenvalue weighted by atomic mass is 10.1. The fourth-order valence-corrected chi connectivity index (χ4v) is 4.30. The largest absolute Gasteiger partial charge is 0.439 e. The van der Waals surface area contributed by atoms with Gasteiger partial charge in [0.1, 0.15) is 30.2 Å². The molecule has 222 valence electrons. The molecule has 2 aromatic carbocycles. The number of carbonyl (C=O) groups is 3. The van der Waals surface area contributed by atoms with E-state index in [9.17, 15) is 34.6 Å². The van der Waals surface area contributed by atoms with Crippen LogP contribution in [0.2, 0.25) is 0 Å². The van der Waals surface area contributed by atoms with Gasteiger partial charge in [0.05, 0.1) is 14.8 Å². The molecule has 14 nitrogen and oxygen atoms in total. The molecule has 0 aliphatic carbocycles. The van der Waals surface area contributed by atoms with E-state index in [1.165, 1.54) is 24.3 Å². The molecule has 15 heteroatoms. The first-order valence-electron chi connectivity index (χ1n) is 12.5. The van der Waals surface area contributed by atoms with E-state index in [-0.39, 0.29) is 23.1 Å². The van der Waals surface area contributed by atoms with Crippen molar-refractivity contribution in [2.45, 2.75) is 13.8 Å². The van der Waals surface area contributed by atoms with Crippen molar-refractivity contribution in [2.75, 3.05) is 0 Å². The van der Waals surface area contributed by atoms with Gasteiger partial charge in [0, 0.05) is 29.8 Å². The van der Waals surface area contributed by atoms with Gasteiger partial charge in [-0.05, 0) is 78.7 Å². The van der Waals surface area contributed by atoms with Crippen LogP contribution in [0.25, 0.3) is 6.08 Å². The van der Waals surface area contributed by atoms with E-state index in [2.05, 4.69) is 15.3 Å². The predicted octanol–water partition coefficient (Wildman–Crippen LogP) is 6.32. The molecule has 1 aliphatic rings. The van der Waals surface area contributed by atoms with Crippen LogP contribution < -0.4 is 14.8 Å². The minimum atomic E-state index is -0.535. The first kappa shape index (κ1) is 31.0. The Morgan fingerprint density at radius 1 is 0.773 bits per heavy atom. The monoisotopic (exact) mass is 615 g/mol. The van der Waals surface area contributed by atoms with Gasteiger partial charge in [-0.2, -0.15) is 0 Å². The topological polar surface area (TPSA) is 194 Å². The first-order chi connectivity index (χ1) is 21.0. The summed E-state index contributed by atoms with van der Waals surface area (Å²) in [4.78, 5) is 61.4. The molecule has 0 atom stereocenters. The Labute approximate surface area is 253 Å². The number of aryl methyl sites for hydroxylation is 2. The summed E-state index contributed by atoms with van der Waals surface area (Å²) < 4.78 is 11.1. The summed E-state index contributed by atoms with van der Waals surface area (Å²) in [6.07, 6.45) is 4.62. The van der Waals surface area contributed by atoms with Crippen molar-refractivity contribution in [3.05, 3.63) is 120 Å². The van der Waals surface area contributed by atoms with Crippen LogP contribution in [-0.2, 0) is 4.79 Å². The van der Waals surface area contributed by atoms with Gasteiger partial charge >= 0.3 is 0 Å². The maximum atomic E-state index is 11.6. The third kappa shape index (κ3) is 8.07. The molecular weight excluding hydrogens is 594 g/mol. The highest BCUT2D eigenvalue weighted by molar-refractivity contribution is 8.18. The van der Waals surface area contributed by atoms with Crippen LogP contribution in [0, 0.1) is 34.1 Å². The number of amides is 2. The molecular formula is C29H21N5O9S. The molecule has 4 aromatic rings. The number of rotatable bonds is 8. The number of aromatic nitrogens is 2. The van der Waals surface area contributed by atoms with Gasteiger partial charge in [-0.3, -0.25) is 39.9 Å². The van der Waals surface area contributed by atoms with E-state index < -0.39 is 21.0 Å². The summed E-state index contributed by atoms with van der Waals surface area (Å²) in [5.41, 5.74) is 2.65. The van der Waals surface area contributed by atoms with E-state index in [0.29, 0.717) is 22.0 Å². The number of hydrogen-bond acceptors (Lipinski definition) is 12. The normalized spacial score (nSPS) is 13.0. The number of imide groups is 1. The molecule has 0 unspecified atom stereocenters. The van der Waals surface area contributed by atoms with Crippen molar-refractivity contribution in [3.63, 3.8) is 0 Å². The Balaban J connectivity index is 0.000000209. The van der Waals surface area contributed by atoms with Gasteiger partial charge < -0.3 is 9.47 Å². The summed E-state index contributed by atoms with van der Waals surface area (Å²) in [6.45, 7) is 3.61. The van der Waals surface area contributed by atoms with E-state index >= 15 is 0 Å². The minimum absolute atomic E-state index is 0.0969. The van der Waals surface area contributed by atoms with Gasteiger partial charge in [0.25, 0.3) is 22.5 Å². The Kier molecular flexibility index (Phi) is 9.72. The summed E-state index contributed by atoms with van der Waals surface area (Å²) in [5, 5.41) is 22.9. The van der Waals surface area contributed by atoms with Crippen LogP contribution in [0.5, 0.6) is 23.3 Å². The second-order valence-corrected chi connectivity index (χ2v) is 9.96. The molecule has 0 saturated carbocycles. The van der Waals surface area contributed by atoms with E-state index in [1.807, 2.05) is 6.92 Å². The number of benzene rings is 2. The van der Waals surface area contributed by atoms with Gasteiger partial charge in [0.2, 0.25) is 11.8 Å². The zero-order valence-electron chi connectivity index (χ0n) is 23.0. The molecule has 1 fully saturated rings. The molecule has 0 radical (unpaired) electrons. The first-order valence-corrected chi connectivity index (χ1v) is 13.3. The number of ether oxygens (including phenoxy) is 2. The minimum Gasteiger partial charge on any atom is -0.439 e. The molecule has 1 saturated heterocycles. The molecule has 0 spiro atoms. The molecule has 3 heterocycles. The lowest BCUT2D eigenvalue weighted by Crippen LogP contribution is -2.17. The fraction of sp³-hybridized carbons (Fsp3) is 0.0690. The maximum Gasteiger partial charge on any atom is 0.290 e. The van der Waals surface area contributed by atoms with E-state index in [0.717, 1.165) is 47.1 Å². The van der Waals surface area contributed by atoms with Crippen molar-refractivity contribution in [1.82, 2.24) is 15.3 Å². The number of hydrogen-bond donors (Lipinski definition) is 1. The molecule has 1 aliphatic heterocycles. The lowest BCUT2D eigenvalue weighted by Gasteiger charge is -2.08. The predicted molar refractivity (Wildman–Crippen MR) is 159 cm³/mol. The Hall–Kier alpha value is -5.96. The van der Waals surface area contributed by atoms with Gasteiger partial charge in [-0.1, -0.05) is 6.07 Å². The highest BCUT2D eigenvalue weighted by atomic mass is 32.2. The number of thioether (sulfide) groups is 1. The number of nitro groups is 2. The van der Waals surface area contributed by atoms with Crippen LogP contribution in [0.4, 0.5) is 16.2 Å². The maximum absolute atomic E-state index is 11.6. The molecule has 2 amide bonds. The van der Waals surface area contributed by atoms with Crippen LogP contribution >= 0.6 is 11.8 Å². The van der Waals surface area contributed by atoms with Crippen LogP contribution in [0.15, 0.2) is 78.0 Å².